The summed E-state index contributed by atoms with van der Waals surface area (Å²) in [7, 11) is 0. The summed E-state index contributed by atoms with van der Waals surface area (Å²) in [6.45, 7) is 9.70. The Bertz CT molecular complexity index is 1350. The predicted molar refractivity (Wildman–Crippen MR) is 145 cm³/mol. The molecule has 3 aromatic rings. The van der Waals surface area contributed by atoms with Crippen molar-refractivity contribution in [3.63, 3.8) is 0 Å². The third-order valence-electron chi connectivity index (χ3n) is 7.19. The summed E-state index contributed by atoms with van der Waals surface area (Å²) in [6, 6.07) is 20.0. The molecule has 1 unspecified atom stereocenters. The first kappa shape index (κ1) is 24.3. The molecule has 0 spiro atoms. The highest BCUT2D eigenvalue weighted by Gasteiger charge is 2.59. The molecule has 1 amide bonds. The Kier molecular flexibility index (Phi) is 6.21. The standard InChI is InChI=1S/C30H31ClN2O3/c1-5-35-27-17-21(10-12-26(27)36-19-22-7-6-8-23(31)16-22)13-14-30-29(3,4)24-15-20(2)9-11-25(24)33(30)18-28(34)32-30/h6-17H,5,18-19H2,1-4H3,(H,32,34)/b14-13+. The maximum absolute atomic E-state index is 12.6. The van der Waals surface area contributed by atoms with Gasteiger partial charge in [-0.25, -0.2) is 0 Å². The van der Waals surface area contributed by atoms with E-state index in [0.29, 0.717) is 36.3 Å². The van der Waals surface area contributed by atoms with Gasteiger partial charge in [0.2, 0.25) is 5.91 Å². The van der Waals surface area contributed by atoms with E-state index >= 15 is 0 Å². The van der Waals surface area contributed by atoms with Crippen molar-refractivity contribution >= 4 is 29.3 Å². The van der Waals surface area contributed by atoms with Crippen LogP contribution in [0.25, 0.3) is 6.08 Å². The van der Waals surface area contributed by atoms with Crippen molar-refractivity contribution in [2.24, 2.45) is 0 Å². The van der Waals surface area contributed by atoms with Crippen molar-refractivity contribution in [3.8, 4) is 11.5 Å². The molecule has 1 N–H and O–H groups in total. The zero-order valence-corrected chi connectivity index (χ0v) is 21.9. The lowest BCUT2D eigenvalue weighted by molar-refractivity contribution is -0.118. The number of carbonyl (C=O) groups is 1. The number of carbonyl (C=O) groups excluding carboxylic acids is 1. The van der Waals surface area contributed by atoms with Crippen LogP contribution in [0.15, 0.2) is 66.7 Å². The molecular formula is C30H31ClN2O3. The molecular weight excluding hydrogens is 472 g/mol. The summed E-state index contributed by atoms with van der Waals surface area (Å²) in [5.74, 6) is 1.38. The Labute approximate surface area is 217 Å². The molecule has 0 aliphatic carbocycles. The largest absolute Gasteiger partial charge is 0.490 e. The monoisotopic (exact) mass is 502 g/mol. The van der Waals surface area contributed by atoms with Crippen LogP contribution < -0.4 is 19.7 Å². The average molecular weight is 503 g/mol. The summed E-state index contributed by atoms with van der Waals surface area (Å²) in [5, 5.41) is 3.97. The number of nitrogens with one attached hydrogen (secondary N) is 1. The minimum absolute atomic E-state index is 0.0266. The predicted octanol–water partition coefficient (Wildman–Crippen LogP) is 6.26. The molecule has 1 saturated heterocycles. The fourth-order valence-electron chi connectivity index (χ4n) is 5.31. The number of halogens is 1. The molecule has 0 bridgehead atoms. The second-order valence-electron chi connectivity index (χ2n) is 9.94. The van der Waals surface area contributed by atoms with Crippen molar-refractivity contribution in [1.29, 1.82) is 0 Å². The van der Waals surface area contributed by atoms with E-state index in [4.69, 9.17) is 21.1 Å². The molecule has 36 heavy (non-hydrogen) atoms. The maximum Gasteiger partial charge on any atom is 0.241 e. The number of hydrogen-bond acceptors (Lipinski definition) is 4. The molecule has 2 aliphatic rings. The summed E-state index contributed by atoms with van der Waals surface area (Å²) < 4.78 is 12.0. The van der Waals surface area contributed by atoms with Gasteiger partial charge in [0, 0.05) is 16.1 Å². The Balaban J connectivity index is 1.44. The number of amides is 1. The first-order valence-corrected chi connectivity index (χ1v) is 12.6. The van der Waals surface area contributed by atoms with Crippen LogP contribution in [-0.4, -0.2) is 24.7 Å². The molecule has 1 fully saturated rings. The number of benzene rings is 3. The van der Waals surface area contributed by atoms with Gasteiger partial charge in [-0.15, -0.1) is 0 Å². The van der Waals surface area contributed by atoms with Crippen molar-refractivity contribution in [3.05, 3.63) is 94.0 Å². The molecule has 2 aliphatic heterocycles. The van der Waals surface area contributed by atoms with Crippen LogP contribution >= 0.6 is 11.6 Å². The van der Waals surface area contributed by atoms with Crippen LogP contribution in [0.1, 0.15) is 43.0 Å². The smallest absolute Gasteiger partial charge is 0.241 e. The minimum atomic E-state index is -0.645. The van der Waals surface area contributed by atoms with Gasteiger partial charge in [-0.05, 0) is 66.9 Å². The van der Waals surface area contributed by atoms with Gasteiger partial charge in [-0.3, -0.25) is 4.79 Å². The highest BCUT2D eigenvalue weighted by Crippen LogP contribution is 2.53. The number of anilines is 1. The van der Waals surface area contributed by atoms with E-state index in [-0.39, 0.29) is 11.3 Å². The molecule has 0 saturated carbocycles. The summed E-state index contributed by atoms with van der Waals surface area (Å²) >= 11 is 6.10. The van der Waals surface area contributed by atoms with E-state index in [1.807, 2.05) is 49.4 Å². The van der Waals surface area contributed by atoms with Gasteiger partial charge in [0.05, 0.1) is 13.2 Å². The molecule has 186 valence electrons. The summed E-state index contributed by atoms with van der Waals surface area (Å²) in [4.78, 5) is 14.8. The topological polar surface area (TPSA) is 50.8 Å². The molecule has 5 rings (SSSR count). The van der Waals surface area contributed by atoms with Gasteiger partial charge in [-0.1, -0.05) is 67.4 Å². The molecule has 1 atom stereocenters. The summed E-state index contributed by atoms with van der Waals surface area (Å²) in [6.07, 6.45) is 4.17. The molecule has 0 radical (unpaired) electrons. The SMILES string of the molecule is CCOc1cc(/C=C/C23NC(=O)CN2c2ccc(C)cc2C3(C)C)ccc1OCc1cccc(Cl)c1. The van der Waals surface area contributed by atoms with Crippen LogP contribution in [0.5, 0.6) is 11.5 Å². The minimum Gasteiger partial charge on any atom is -0.490 e. The van der Waals surface area contributed by atoms with Gasteiger partial charge in [0.15, 0.2) is 11.5 Å². The first-order valence-electron chi connectivity index (χ1n) is 12.3. The van der Waals surface area contributed by atoms with Crippen LogP contribution in [-0.2, 0) is 16.8 Å². The van der Waals surface area contributed by atoms with E-state index in [1.54, 1.807) is 0 Å². The van der Waals surface area contributed by atoms with E-state index in [1.165, 1.54) is 11.1 Å². The van der Waals surface area contributed by atoms with Crippen LogP contribution in [0, 0.1) is 6.92 Å². The molecule has 5 nitrogen and oxygen atoms in total. The quantitative estimate of drug-likeness (QED) is 0.414. The zero-order chi connectivity index (χ0) is 25.5. The summed E-state index contributed by atoms with van der Waals surface area (Å²) in [5.41, 5.74) is 4.55. The Morgan fingerprint density at radius 2 is 1.89 bits per heavy atom. The normalized spacial score (nSPS) is 19.8. The fourth-order valence-corrected chi connectivity index (χ4v) is 5.52. The maximum atomic E-state index is 12.6. The lowest BCUT2D eigenvalue weighted by Crippen LogP contribution is -2.58. The number of hydrogen-bond donors (Lipinski definition) is 1. The molecule has 2 heterocycles. The lowest BCUT2D eigenvalue weighted by atomic mass is 9.75. The zero-order valence-electron chi connectivity index (χ0n) is 21.1. The van der Waals surface area contributed by atoms with Crippen molar-refractivity contribution in [2.75, 3.05) is 18.1 Å². The van der Waals surface area contributed by atoms with Crippen molar-refractivity contribution < 1.29 is 14.3 Å². The van der Waals surface area contributed by atoms with Crippen LogP contribution in [0.3, 0.4) is 0 Å². The van der Waals surface area contributed by atoms with Crippen LogP contribution in [0.2, 0.25) is 5.02 Å². The van der Waals surface area contributed by atoms with E-state index in [2.05, 4.69) is 61.3 Å². The molecule has 6 heteroatoms. The third kappa shape index (κ3) is 4.11. The van der Waals surface area contributed by atoms with E-state index in [9.17, 15) is 4.79 Å². The van der Waals surface area contributed by atoms with Crippen molar-refractivity contribution in [2.45, 2.75) is 45.4 Å². The van der Waals surface area contributed by atoms with Gasteiger partial charge in [0.25, 0.3) is 0 Å². The van der Waals surface area contributed by atoms with Gasteiger partial charge in [-0.2, -0.15) is 0 Å². The highest BCUT2D eigenvalue weighted by molar-refractivity contribution is 6.30. The third-order valence-corrected chi connectivity index (χ3v) is 7.43. The molecule has 3 aromatic carbocycles. The number of rotatable bonds is 7. The van der Waals surface area contributed by atoms with Gasteiger partial charge < -0.3 is 19.7 Å². The van der Waals surface area contributed by atoms with E-state index < -0.39 is 5.66 Å². The average Bonchev–Trinajstić information content (AvgIpc) is 3.27. The second-order valence-corrected chi connectivity index (χ2v) is 10.4. The number of nitrogens with zero attached hydrogens (tertiary/aromatic N) is 1. The Morgan fingerprint density at radius 1 is 1.06 bits per heavy atom. The second kappa shape index (κ2) is 9.21. The number of ether oxygens (including phenoxy) is 2. The first-order chi connectivity index (χ1) is 17.2. The Hall–Kier alpha value is -3.44. The lowest BCUT2D eigenvalue weighted by Gasteiger charge is -2.40. The Morgan fingerprint density at radius 3 is 2.67 bits per heavy atom. The highest BCUT2D eigenvalue weighted by atomic mass is 35.5. The molecule has 0 aromatic heterocycles. The number of aryl methyl sites for hydroxylation is 1. The van der Waals surface area contributed by atoms with Gasteiger partial charge in [0.1, 0.15) is 12.3 Å². The van der Waals surface area contributed by atoms with Gasteiger partial charge >= 0.3 is 0 Å². The fraction of sp³-hybridized carbons (Fsp3) is 0.300. The van der Waals surface area contributed by atoms with Crippen molar-refractivity contribution in [1.82, 2.24) is 5.32 Å². The van der Waals surface area contributed by atoms with Crippen LogP contribution in [0.4, 0.5) is 5.69 Å². The number of fused-ring (bicyclic) bond motifs is 3. The van der Waals surface area contributed by atoms with E-state index in [0.717, 1.165) is 16.8 Å².